The fourth-order valence-corrected chi connectivity index (χ4v) is 2.07. The summed E-state index contributed by atoms with van der Waals surface area (Å²) in [6, 6.07) is 11.8. The lowest BCUT2D eigenvalue weighted by Crippen LogP contribution is -2.21. The SMILES string of the molecule is COc1cc(C(=O)O)cc(-c2ccc(C(=O)N(C)C)cc2)c1. The third-order valence-corrected chi connectivity index (χ3v) is 3.26. The van der Waals surface area contributed by atoms with Crippen molar-refractivity contribution < 1.29 is 19.4 Å². The van der Waals surface area contributed by atoms with Crippen molar-refractivity contribution in [3.05, 3.63) is 53.6 Å². The summed E-state index contributed by atoms with van der Waals surface area (Å²) in [6.45, 7) is 0. The molecular weight excluding hydrogens is 282 g/mol. The molecule has 0 radical (unpaired) electrons. The van der Waals surface area contributed by atoms with Crippen molar-refractivity contribution in [2.45, 2.75) is 0 Å². The molecule has 0 saturated heterocycles. The van der Waals surface area contributed by atoms with Crippen LogP contribution in [0.3, 0.4) is 0 Å². The van der Waals surface area contributed by atoms with Gasteiger partial charge in [0, 0.05) is 19.7 Å². The van der Waals surface area contributed by atoms with Crippen LogP contribution in [-0.2, 0) is 0 Å². The molecule has 0 aliphatic heterocycles. The highest BCUT2D eigenvalue weighted by Crippen LogP contribution is 2.26. The largest absolute Gasteiger partial charge is 0.497 e. The third kappa shape index (κ3) is 3.25. The molecular formula is C17H17NO4. The second-order valence-electron chi connectivity index (χ2n) is 5.03. The van der Waals surface area contributed by atoms with Gasteiger partial charge in [-0.05, 0) is 41.5 Å². The highest BCUT2D eigenvalue weighted by atomic mass is 16.5. The van der Waals surface area contributed by atoms with E-state index in [1.165, 1.54) is 18.1 Å². The van der Waals surface area contributed by atoms with Crippen molar-refractivity contribution in [2.24, 2.45) is 0 Å². The quantitative estimate of drug-likeness (QED) is 0.942. The normalized spacial score (nSPS) is 10.1. The number of ether oxygens (including phenoxy) is 1. The maximum atomic E-state index is 11.9. The predicted molar refractivity (Wildman–Crippen MR) is 83.4 cm³/mol. The number of rotatable bonds is 4. The molecule has 0 saturated carbocycles. The van der Waals surface area contributed by atoms with E-state index in [1.54, 1.807) is 50.5 Å². The predicted octanol–water partition coefficient (Wildman–Crippen LogP) is 2.76. The minimum Gasteiger partial charge on any atom is -0.497 e. The van der Waals surface area contributed by atoms with Gasteiger partial charge in [-0.15, -0.1) is 0 Å². The van der Waals surface area contributed by atoms with Gasteiger partial charge in [-0.3, -0.25) is 4.79 Å². The zero-order chi connectivity index (χ0) is 16.3. The Bertz CT molecular complexity index is 705. The van der Waals surface area contributed by atoms with E-state index in [4.69, 9.17) is 9.84 Å². The van der Waals surface area contributed by atoms with Crippen molar-refractivity contribution in [1.29, 1.82) is 0 Å². The molecule has 5 nitrogen and oxygen atoms in total. The molecule has 0 heterocycles. The molecule has 2 aromatic carbocycles. The maximum absolute atomic E-state index is 11.9. The number of carbonyl (C=O) groups is 2. The van der Waals surface area contributed by atoms with Gasteiger partial charge < -0.3 is 14.7 Å². The smallest absolute Gasteiger partial charge is 0.335 e. The van der Waals surface area contributed by atoms with Gasteiger partial charge >= 0.3 is 5.97 Å². The van der Waals surface area contributed by atoms with Gasteiger partial charge in [0.1, 0.15) is 5.75 Å². The van der Waals surface area contributed by atoms with E-state index in [1.807, 2.05) is 0 Å². The summed E-state index contributed by atoms with van der Waals surface area (Å²) in [6.07, 6.45) is 0. The molecule has 1 amide bonds. The van der Waals surface area contributed by atoms with Gasteiger partial charge in [0.15, 0.2) is 0 Å². The first-order valence-electron chi connectivity index (χ1n) is 6.67. The zero-order valence-corrected chi connectivity index (χ0v) is 12.7. The Morgan fingerprint density at radius 1 is 0.955 bits per heavy atom. The van der Waals surface area contributed by atoms with Crippen LogP contribution in [0, 0.1) is 0 Å². The lowest BCUT2D eigenvalue weighted by atomic mass is 10.0. The first-order valence-corrected chi connectivity index (χ1v) is 6.67. The van der Waals surface area contributed by atoms with E-state index in [9.17, 15) is 9.59 Å². The highest BCUT2D eigenvalue weighted by Gasteiger charge is 2.11. The van der Waals surface area contributed by atoms with E-state index in [0.29, 0.717) is 11.3 Å². The van der Waals surface area contributed by atoms with Gasteiger partial charge in [-0.1, -0.05) is 12.1 Å². The number of aromatic carboxylic acids is 1. The van der Waals surface area contributed by atoms with Gasteiger partial charge in [-0.2, -0.15) is 0 Å². The van der Waals surface area contributed by atoms with E-state index < -0.39 is 5.97 Å². The average molecular weight is 299 g/mol. The number of methoxy groups -OCH3 is 1. The minimum absolute atomic E-state index is 0.0802. The Hall–Kier alpha value is -2.82. The first kappa shape index (κ1) is 15.6. The molecule has 0 unspecified atom stereocenters. The molecule has 22 heavy (non-hydrogen) atoms. The number of carboxylic acid groups (broad SMARTS) is 1. The molecule has 0 spiro atoms. The van der Waals surface area contributed by atoms with E-state index >= 15 is 0 Å². The summed E-state index contributed by atoms with van der Waals surface area (Å²) in [5.74, 6) is -0.619. The van der Waals surface area contributed by atoms with E-state index in [-0.39, 0.29) is 11.5 Å². The monoisotopic (exact) mass is 299 g/mol. The van der Waals surface area contributed by atoms with Crippen LogP contribution < -0.4 is 4.74 Å². The number of amides is 1. The van der Waals surface area contributed by atoms with E-state index in [2.05, 4.69) is 0 Å². The number of benzene rings is 2. The van der Waals surface area contributed by atoms with Gasteiger partial charge in [0.05, 0.1) is 12.7 Å². The Morgan fingerprint density at radius 3 is 2.09 bits per heavy atom. The summed E-state index contributed by atoms with van der Waals surface area (Å²) in [7, 11) is 4.87. The van der Waals surface area contributed by atoms with Crippen LogP contribution in [-0.4, -0.2) is 43.1 Å². The molecule has 1 N–H and O–H groups in total. The van der Waals surface area contributed by atoms with Gasteiger partial charge in [0.2, 0.25) is 0 Å². The van der Waals surface area contributed by atoms with Crippen molar-refractivity contribution in [2.75, 3.05) is 21.2 Å². The first-order chi connectivity index (χ1) is 10.4. The minimum atomic E-state index is -1.01. The van der Waals surface area contributed by atoms with E-state index in [0.717, 1.165) is 11.1 Å². The molecule has 0 atom stereocenters. The molecule has 0 bridgehead atoms. The number of carbonyl (C=O) groups excluding carboxylic acids is 1. The summed E-state index contributed by atoms with van der Waals surface area (Å²) in [4.78, 5) is 24.5. The lowest BCUT2D eigenvalue weighted by Gasteiger charge is -2.11. The van der Waals surface area contributed by atoms with Crippen LogP contribution >= 0.6 is 0 Å². The Kier molecular flexibility index (Phi) is 4.46. The zero-order valence-electron chi connectivity index (χ0n) is 12.7. The summed E-state index contributed by atoms with van der Waals surface area (Å²) >= 11 is 0. The van der Waals surface area contributed by atoms with Crippen molar-refractivity contribution in [3.8, 4) is 16.9 Å². The lowest BCUT2D eigenvalue weighted by molar-refractivity contribution is 0.0696. The Labute approximate surface area is 128 Å². The summed E-state index contributed by atoms with van der Waals surface area (Å²) in [5.41, 5.74) is 2.27. The average Bonchev–Trinajstić information content (AvgIpc) is 2.53. The van der Waals surface area contributed by atoms with Crippen LogP contribution in [0.25, 0.3) is 11.1 Å². The molecule has 0 aliphatic carbocycles. The molecule has 2 rings (SSSR count). The second-order valence-corrected chi connectivity index (χ2v) is 5.03. The molecule has 114 valence electrons. The van der Waals surface area contributed by atoms with Crippen LogP contribution in [0.5, 0.6) is 5.75 Å². The van der Waals surface area contributed by atoms with Gasteiger partial charge in [-0.25, -0.2) is 4.79 Å². The summed E-state index contributed by atoms with van der Waals surface area (Å²) < 4.78 is 5.14. The Morgan fingerprint density at radius 2 is 1.59 bits per heavy atom. The molecule has 5 heteroatoms. The number of nitrogens with zero attached hydrogens (tertiary/aromatic N) is 1. The van der Waals surface area contributed by atoms with Crippen LogP contribution in [0.2, 0.25) is 0 Å². The van der Waals surface area contributed by atoms with Crippen molar-refractivity contribution in [1.82, 2.24) is 4.90 Å². The van der Waals surface area contributed by atoms with Crippen molar-refractivity contribution >= 4 is 11.9 Å². The number of hydrogen-bond acceptors (Lipinski definition) is 3. The molecule has 0 aliphatic rings. The van der Waals surface area contributed by atoms with Crippen molar-refractivity contribution in [3.63, 3.8) is 0 Å². The summed E-state index contributed by atoms with van der Waals surface area (Å²) in [5, 5.41) is 9.15. The molecule has 0 fully saturated rings. The standard InChI is InChI=1S/C17H17NO4/c1-18(2)16(19)12-6-4-11(5-7-12)13-8-14(17(20)21)10-15(9-13)22-3/h4-10H,1-3H3,(H,20,21). The number of carboxylic acids is 1. The molecule has 0 aromatic heterocycles. The second kappa shape index (κ2) is 6.30. The Balaban J connectivity index is 2.41. The van der Waals surface area contributed by atoms with Gasteiger partial charge in [0.25, 0.3) is 5.91 Å². The maximum Gasteiger partial charge on any atom is 0.335 e. The fraction of sp³-hybridized carbons (Fsp3) is 0.176. The molecule has 2 aromatic rings. The highest BCUT2D eigenvalue weighted by molar-refractivity contribution is 5.94. The van der Waals surface area contributed by atoms with Crippen LogP contribution in [0.15, 0.2) is 42.5 Å². The third-order valence-electron chi connectivity index (χ3n) is 3.26. The number of hydrogen-bond donors (Lipinski definition) is 1. The fourth-order valence-electron chi connectivity index (χ4n) is 2.07. The topological polar surface area (TPSA) is 66.8 Å². The van der Waals surface area contributed by atoms with Crippen LogP contribution in [0.4, 0.5) is 0 Å². The van der Waals surface area contributed by atoms with Crippen LogP contribution in [0.1, 0.15) is 20.7 Å².